The molecule has 0 saturated heterocycles. The second-order valence-electron chi connectivity index (χ2n) is 7.46. The lowest BCUT2D eigenvalue weighted by atomic mass is 10.1. The number of nitrogens with zero attached hydrogens (tertiary/aromatic N) is 5. The number of fused-ring (bicyclic) bond motifs is 2. The molecule has 0 fully saturated rings. The number of para-hydroxylation sites is 1. The zero-order valence-corrected chi connectivity index (χ0v) is 16.1. The number of hydrogen-bond acceptors (Lipinski definition) is 5. The van der Waals surface area contributed by atoms with Crippen LogP contribution in [0.1, 0.15) is 42.7 Å². The number of pyridine rings is 1. The van der Waals surface area contributed by atoms with Crippen LogP contribution in [0.2, 0.25) is 0 Å². The summed E-state index contributed by atoms with van der Waals surface area (Å²) in [6.07, 6.45) is 0.906. The third-order valence-electron chi connectivity index (χ3n) is 5.27. The molecule has 0 amide bonds. The summed E-state index contributed by atoms with van der Waals surface area (Å²) >= 11 is 0. The maximum absolute atomic E-state index is 11.4. The Morgan fingerprint density at radius 2 is 2.04 bits per heavy atom. The van der Waals surface area contributed by atoms with Gasteiger partial charge in [-0.05, 0) is 13.0 Å². The summed E-state index contributed by atoms with van der Waals surface area (Å²) in [4.78, 5) is 22.6. The van der Waals surface area contributed by atoms with Crippen LogP contribution in [-0.4, -0.2) is 26.0 Å². The van der Waals surface area contributed by atoms with E-state index in [2.05, 4.69) is 35.3 Å². The van der Waals surface area contributed by atoms with Crippen LogP contribution in [0.15, 0.2) is 24.3 Å². The van der Waals surface area contributed by atoms with Crippen LogP contribution in [-0.2, 0) is 20.0 Å². The van der Waals surface area contributed by atoms with Crippen molar-refractivity contribution in [2.75, 3.05) is 11.4 Å². The number of nitro groups is 1. The molecule has 7 nitrogen and oxygen atoms in total. The normalized spacial score (nSPS) is 14.0. The minimum Gasteiger partial charge on any atom is -0.365 e. The largest absolute Gasteiger partial charge is 0.365 e. The molecule has 0 spiro atoms. The lowest BCUT2D eigenvalue weighted by Crippen LogP contribution is -2.31. The van der Waals surface area contributed by atoms with Crippen LogP contribution in [0.4, 0.5) is 11.4 Å². The van der Waals surface area contributed by atoms with Crippen LogP contribution in [0.5, 0.6) is 0 Å². The monoisotopic (exact) mass is 365 g/mol. The molecule has 4 rings (SSSR count). The van der Waals surface area contributed by atoms with Crippen molar-refractivity contribution < 1.29 is 4.92 Å². The number of imidazole rings is 1. The minimum absolute atomic E-state index is 0.0510. The Balaban J connectivity index is 1.81. The first kappa shape index (κ1) is 17.5. The summed E-state index contributed by atoms with van der Waals surface area (Å²) in [5.41, 5.74) is 4.66. The van der Waals surface area contributed by atoms with E-state index < -0.39 is 0 Å². The number of non-ortho nitro benzene ring substituents is 1. The first-order valence-electron chi connectivity index (χ1n) is 9.21. The number of rotatable bonds is 3. The summed E-state index contributed by atoms with van der Waals surface area (Å²) in [5, 5.41) is 12.2. The van der Waals surface area contributed by atoms with E-state index in [-0.39, 0.29) is 10.6 Å². The van der Waals surface area contributed by atoms with Crippen LogP contribution in [0, 0.1) is 17.0 Å². The molecule has 1 aliphatic heterocycles. The van der Waals surface area contributed by atoms with Crippen LogP contribution in [0.3, 0.4) is 0 Å². The van der Waals surface area contributed by atoms with Crippen LogP contribution in [0.25, 0.3) is 10.9 Å². The molecular weight excluding hydrogens is 342 g/mol. The molecule has 0 bridgehead atoms. The zero-order chi connectivity index (χ0) is 19.3. The third kappa shape index (κ3) is 2.83. The van der Waals surface area contributed by atoms with Crippen molar-refractivity contribution in [2.24, 2.45) is 7.05 Å². The summed E-state index contributed by atoms with van der Waals surface area (Å²) in [6, 6.07) is 7.18. The fraction of sp³-hybridized carbons (Fsp3) is 0.400. The Morgan fingerprint density at radius 3 is 2.74 bits per heavy atom. The SMILES string of the molecule is Cc1cc(N2CCc3c(nc(C(C)C)n3C)C2)c2cccc([N+](=O)[O-])c2n1. The first-order valence-corrected chi connectivity index (χ1v) is 9.21. The lowest BCUT2D eigenvalue weighted by Gasteiger charge is -2.30. The van der Waals surface area contributed by atoms with Crippen LogP contribution >= 0.6 is 0 Å². The third-order valence-corrected chi connectivity index (χ3v) is 5.27. The van der Waals surface area contributed by atoms with Gasteiger partial charge in [0.05, 0.1) is 17.2 Å². The predicted molar refractivity (Wildman–Crippen MR) is 105 cm³/mol. The van der Waals surface area contributed by atoms with E-state index in [1.54, 1.807) is 6.07 Å². The number of benzene rings is 1. The lowest BCUT2D eigenvalue weighted by molar-refractivity contribution is -0.383. The molecule has 1 aromatic carbocycles. The number of anilines is 1. The number of nitro benzene ring substituents is 1. The molecule has 0 radical (unpaired) electrons. The zero-order valence-electron chi connectivity index (χ0n) is 16.1. The number of aromatic nitrogens is 3. The van der Waals surface area contributed by atoms with Crippen molar-refractivity contribution in [3.63, 3.8) is 0 Å². The molecule has 27 heavy (non-hydrogen) atoms. The molecule has 3 aromatic rings. The van der Waals surface area contributed by atoms with Crippen molar-refractivity contribution >= 4 is 22.3 Å². The summed E-state index contributed by atoms with van der Waals surface area (Å²) in [6.45, 7) is 7.75. The fourth-order valence-corrected chi connectivity index (χ4v) is 4.02. The number of hydrogen-bond donors (Lipinski definition) is 0. The average molecular weight is 365 g/mol. The maximum Gasteiger partial charge on any atom is 0.295 e. The van der Waals surface area contributed by atoms with Gasteiger partial charge in [-0.25, -0.2) is 9.97 Å². The van der Waals surface area contributed by atoms with E-state index in [4.69, 9.17) is 4.98 Å². The Kier molecular flexibility index (Phi) is 4.09. The van der Waals surface area contributed by atoms with Crippen molar-refractivity contribution in [3.8, 4) is 0 Å². The quantitative estimate of drug-likeness (QED) is 0.520. The van der Waals surface area contributed by atoms with Gasteiger partial charge in [-0.3, -0.25) is 10.1 Å². The van der Waals surface area contributed by atoms with E-state index in [0.29, 0.717) is 18.0 Å². The molecular formula is C20H23N5O2. The van der Waals surface area contributed by atoms with Gasteiger partial charge in [0.25, 0.3) is 5.69 Å². The van der Waals surface area contributed by atoms with Gasteiger partial charge in [-0.2, -0.15) is 0 Å². The van der Waals surface area contributed by atoms with E-state index >= 15 is 0 Å². The minimum atomic E-state index is -0.361. The molecule has 0 aliphatic carbocycles. The van der Waals surface area contributed by atoms with Crippen LogP contribution < -0.4 is 4.90 Å². The molecule has 0 saturated carbocycles. The van der Waals surface area contributed by atoms with Gasteiger partial charge in [-0.15, -0.1) is 0 Å². The first-order chi connectivity index (χ1) is 12.9. The summed E-state index contributed by atoms with van der Waals surface area (Å²) in [5.74, 6) is 1.48. The standard InChI is InChI=1S/C20H23N5O2/c1-12(2)20-22-15-11-24(9-8-16(15)23(20)4)18-10-13(3)21-19-14(18)6-5-7-17(19)25(26)27/h5-7,10,12H,8-9,11H2,1-4H3. The Bertz CT molecular complexity index is 1050. The number of aryl methyl sites for hydroxylation is 1. The highest BCUT2D eigenvalue weighted by Crippen LogP contribution is 2.34. The Hall–Kier alpha value is -2.96. The fourth-order valence-electron chi connectivity index (χ4n) is 4.02. The predicted octanol–water partition coefficient (Wildman–Crippen LogP) is 3.87. The van der Waals surface area contributed by atoms with Crippen molar-refractivity contribution in [3.05, 3.63) is 57.3 Å². The van der Waals surface area contributed by atoms with Crippen molar-refractivity contribution in [2.45, 2.75) is 39.7 Å². The molecule has 3 heterocycles. The van der Waals surface area contributed by atoms with E-state index in [1.165, 1.54) is 11.8 Å². The smallest absolute Gasteiger partial charge is 0.295 e. The highest BCUT2D eigenvalue weighted by Gasteiger charge is 2.26. The molecule has 0 N–H and O–H groups in total. The van der Waals surface area contributed by atoms with Gasteiger partial charge in [0.2, 0.25) is 0 Å². The second kappa shape index (κ2) is 6.33. The van der Waals surface area contributed by atoms with Gasteiger partial charge in [-0.1, -0.05) is 26.0 Å². The molecule has 1 aliphatic rings. The summed E-state index contributed by atoms with van der Waals surface area (Å²) in [7, 11) is 2.09. The maximum atomic E-state index is 11.4. The van der Waals surface area contributed by atoms with E-state index in [0.717, 1.165) is 41.3 Å². The molecule has 7 heteroatoms. The van der Waals surface area contributed by atoms with Crippen molar-refractivity contribution in [1.82, 2.24) is 14.5 Å². The summed E-state index contributed by atoms with van der Waals surface area (Å²) < 4.78 is 2.22. The van der Waals surface area contributed by atoms with E-state index in [9.17, 15) is 10.1 Å². The van der Waals surface area contributed by atoms with Gasteiger partial charge in [0.1, 0.15) is 5.82 Å². The Morgan fingerprint density at radius 1 is 1.26 bits per heavy atom. The molecule has 140 valence electrons. The highest BCUT2D eigenvalue weighted by molar-refractivity contribution is 5.97. The molecule has 2 aromatic heterocycles. The Labute approximate surface area is 157 Å². The van der Waals surface area contributed by atoms with Gasteiger partial charge in [0, 0.05) is 54.5 Å². The van der Waals surface area contributed by atoms with E-state index in [1.807, 2.05) is 19.1 Å². The second-order valence-corrected chi connectivity index (χ2v) is 7.46. The van der Waals surface area contributed by atoms with Gasteiger partial charge in [0.15, 0.2) is 5.52 Å². The van der Waals surface area contributed by atoms with Gasteiger partial charge < -0.3 is 9.47 Å². The molecule has 0 unspecified atom stereocenters. The van der Waals surface area contributed by atoms with Crippen molar-refractivity contribution in [1.29, 1.82) is 0 Å². The average Bonchev–Trinajstić information content (AvgIpc) is 2.96. The molecule has 0 atom stereocenters. The highest BCUT2D eigenvalue weighted by atomic mass is 16.6. The topological polar surface area (TPSA) is 77.1 Å². The van der Waals surface area contributed by atoms with Gasteiger partial charge >= 0.3 is 0 Å².